The van der Waals surface area contributed by atoms with Crippen LogP contribution < -0.4 is 20.1 Å². The molecule has 2 aromatic rings. The molecule has 0 saturated carbocycles. The Labute approximate surface area is 154 Å². The fourth-order valence-electron chi connectivity index (χ4n) is 2.43. The third kappa shape index (κ3) is 5.98. The van der Waals surface area contributed by atoms with E-state index in [1.165, 1.54) is 15.3 Å². The number of ether oxygens (including phenoxy) is 2. The first kappa shape index (κ1) is 19.1. The molecule has 136 valence electrons. The number of nitrogens with one attached hydrogen (secondary N) is 2. The Balaban J connectivity index is 1.90. The number of benzene rings is 1. The van der Waals surface area contributed by atoms with Crippen molar-refractivity contribution in [1.82, 2.24) is 10.6 Å². The molecule has 1 aromatic heterocycles. The third-order valence-electron chi connectivity index (χ3n) is 3.69. The van der Waals surface area contributed by atoms with Gasteiger partial charge in [0.25, 0.3) is 0 Å². The second kappa shape index (κ2) is 9.93. The second-order valence-electron chi connectivity index (χ2n) is 5.57. The van der Waals surface area contributed by atoms with Crippen LogP contribution in [0.15, 0.2) is 35.3 Å². The summed E-state index contributed by atoms with van der Waals surface area (Å²) in [5, 5.41) is 6.67. The van der Waals surface area contributed by atoms with E-state index >= 15 is 0 Å². The highest BCUT2D eigenvalue weighted by molar-refractivity contribution is 7.11. The molecule has 0 radical (unpaired) electrons. The summed E-state index contributed by atoms with van der Waals surface area (Å²) < 4.78 is 10.6. The van der Waals surface area contributed by atoms with E-state index in [2.05, 4.69) is 47.7 Å². The van der Waals surface area contributed by atoms with E-state index in [9.17, 15) is 0 Å². The number of hydrogen-bond acceptors (Lipinski definition) is 4. The molecule has 2 N–H and O–H groups in total. The van der Waals surface area contributed by atoms with Crippen molar-refractivity contribution >= 4 is 17.3 Å². The zero-order chi connectivity index (χ0) is 18.1. The van der Waals surface area contributed by atoms with Gasteiger partial charge in [0.05, 0.1) is 20.8 Å². The number of thiophene rings is 1. The van der Waals surface area contributed by atoms with Crippen molar-refractivity contribution in [2.75, 3.05) is 27.3 Å². The van der Waals surface area contributed by atoms with Crippen LogP contribution in [-0.2, 0) is 13.0 Å². The van der Waals surface area contributed by atoms with Crippen LogP contribution in [0.2, 0.25) is 0 Å². The molecule has 0 aliphatic rings. The van der Waals surface area contributed by atoms with Gasteiger partial charge in [-0.25, -0.2) is 4.99 Å². The zero-order valence-corrected chi connectivity index (χ0v) is 16.2. The van der Waals surface area contributed by atoms with Crippen molar-refractivity contribution in [3.8, 4) is 11.5 Å². The van der Waals surface area contributed by atoms with Crippen molar-refractivity contribution in [1.29, 1.82) is 0 Å². The van der Waals surface area contributed by atoms with E-state index in [0.29, 0.717) is 6.54 Å². The van der Waals surface area contributed by atoms with Gasteiger partial charge in [-0.1, -0.05) is 6.07 Å². The summed E-state index contributed by atoms with van der Waals surface area (Å²) in [6, 6.07) is 10.3. The predicted molar refractivity (Wildman–Crippen MR) is 105 cm³/mol. The van der Waals surface area contributed by atoms with Crippen LogP contribution in [0.4, 0.5) is 0 Å². The van der Waals surface area contributed by atoms with Crippen LogP contribution >= 0.6 is 11.3 Å². The highest BCUT2D eigenvalue weighted by atomic mass is 32.1. The van der Waals surface area contributed by atoms with E-state index in [-0.39, 0.29) is 0 Å². The summed E-state index contributed by atoms with van der Waals surface area (Å²) in [5.74, 6) is 2.35. The largest absolute Gasteiger partial charge is 0.493 e. The first-order valence-electron chi connectivity index (χ1n) is 8.44. The van der Waals surface area contributed by atoms with Crippen molar-refractivity contribution in [3.63, 3.8) is 0 Å². The Hall–Kier alpha value is -2.21. The summed E-state index contributed by atoms with van der Waals surface area (Å²) in [6.45, 7) is 6.52. The molecule has 1 aromatic carbocycles. The van der Waals surface area contributed by atoms with Gasteiger partial charge in [-0.15, -0.1) is 11.3 Å². The number of guanidine groups is 1. The van der Waals surface area contributed by atoms with E-state index in [0.717, 1.165) is 37.0 Å². The van der Waals surface area contributed by atoms with Gasteiger partial charge < -0.3 is 20.1 Å². The molecule has 0 spiro atoms. The maximum Gasteiger partial charge on any atom is 0.191 e. The number of hydrogen-bond donors (Lipinski definition) is 2. The lowest BCUT2D eigenvalue weighted by Gasteiger charge is -2.12. The van der Waals surface area contributed by atoms with E-state index < -0.39 is 0 Å². The monoisotopic (exact) mass is 361 g/mol. The average molecular weight is 362 g/mol. The normalized spacial score (nSPS) is 11.3. The smallest absolute Gasteiger partial charge is 0.191 e. The molecular formula is C19H27N3O2S. The molecule has 0 fully saturated rings. The van der Waals surface area contributed by atoms with Gasteiger partial charge in [0.15, 0.2) is 17.5 Å². The van der Waals surface area contributed by atoms with Gasteiger partial charge in [-0.3, -0.25) is 0 Å². The Morgan fingerprint density at radius 2 is 1.88 bits per heavy atom. The van der Waals surface area contributed by atoms with Gasteiger partial charge in [0, 0.05) is 22.8 Å². The van der Waals surface area contributed by atoms with Crippen molar-refractivity contribution in [3.05, 3.63) is 45.6 Å². The molecular weight excluding hydrogens is 334 g/mol. The van der Waals surface area contributed by atoms with E-state index in [1.54, 1.807) is 25.6 Å². The molecule has 0 atom stereocenters. The first-order chi connectivity index (χ1) is 12.2. The fourth-order valence-corrected chi connectivity index (χ4v) is 3.25. The van der Waals surface area contributed by atoms with Crippen LogP contribution in [0.25, 0.3) is 0 Å². The highest BCUT2D eigenvalue weighted by Crippen LogP contribution is 2.27. The lowest BCUT2D eigenvalue weighted by atomic mass is 10.1. The molecule has 0 aliphatic carbocycles. The van der Waals surface area contributed by atoms with Crippen LogP contribution in [0.1, 0.15) is 22.2 Å². The summed E-state index contributed by atoms with van der Waals surface area (Å²) >= 11 is 1.79. The van der Waals surface area contributed by atoms with Gasteiger partial charge in [0.1, 0.15) is 0 Å². The minimum atomic E-state index is 0.699. The summed E-state index contributed by atoms with van der Waals surface area (Å²) in [7, 11) is 3.30. The van der Waals surface area contributed by atoms with Crippen LogP contribution in [-0.4, -0.2) is 33.3 Å². The average Bonchev–Trinajstić information content (AvgIpc) is 3.04. The molecule has 0 aliphatic heterocycles. The third-order valence-corrected chi connectivity index (χ3v) is 4.67. The Kier molecular flexibility index (Phi) is 7.60. The molecule has 0 unspecified atom stereocenters. The van der Waals surface area contributed by atoms with Crippen LogP contribution in [0, 0.1) is 6.92 Å². The maximum absolute atomic E-state index is 5.35. The molecule has 0 saturated heterocycles. The van der Waals surface area contributed by atoms with E-state index in [4.69, 9.17) is 9.47 Å². The Bertz CT molecular complexity index is 698. The molecule has 0 amide bonds. The summed E-state index contributed by atoms with van der Waals surface area (Å²) in [5.41, 5.74) is 1.19. The minimum absolute atomic E-state index is 0.699. The van der Waals surface area contributed by atoms with Crippen LogP contribution in [0.3, 0.4) is 0 Å². The zero-order valence-electron chi connectivity index (χ0n) is 15.4. The van der Waals surface area contributed by atoms with E-state index in [1.807, 2.05) is 12.1 Å². The molecule has 2 rings (SSSR count). The number of rotatable bonds is 8. The lowest BCUT2D eigenvalue weighted by molar-refractivity contribution is 0.354. The Morgan fingerprint density at radius 3 is 2.52 bits per heavy atom. The lowest BCUT2D eigenvalue weighted by Crippen LogP contribution is -2.38. The van der Waals surface area contributed by atoms with Crippen molar-refractivity contribution < 1.29 is 9.47 Å². The minimum Gasteiger partial charge on any atom is -0.493 e. The first-order valence-corrected chi connectivity index (χ1v) is 9.26. The standard InChI is InChI=1S/C19H27N3O2S/c1-5-20-19(22-13-16-8-6-14(2)25-16)21-11-10-15-7-9-17(23-3)18(12-15)24-4/h6-9,12H,5,10-11,13H2,1-4H3,(H2,20,21,22). The molecule has 0 bridgehead atoms. The van der Waals surface area contributed by atoms with Gasteiger partial charge in [-0.2, -0.15) is 0 Å². The Morgan fingerprint density at radius 1 is 1.08 bits per heavy atom. The number of nitrogens with zero attached hydrogens (tertiary/aromatic N) is 1. The number of aliphatic imine (C=N–C) groups is 1. The van der Waals surface area contributed by atoms with Crippen molar-refractivity contribution in [2.45, 2.75) is 26.8 Å². The number of aryl methyl sites for hydroxylation is 1. The molecule has 1 heterocycles. The molecule has 6 heteroatoms. The van der Waals surface area contributed by atoms with Gasteiger partial charge >= 0.3 is 0 Å². The summed E-state index contributed by atoms with van der Waals surface area (Å²) in [6.07, 6.45) is 0.878. The van der Waals surface area contributed by atoms with Crippen molar-refractivity contribution in [2.24, 2.45) is 4.99 Å². The molecule has 5 nitrogen and oxygen atoms in total. The number of methoxy groups -OCH3 is 2. The summed E-state index contributed by atoms with van der Waals surface area (Å²) in [4.78, 5) is 7.24. The highest BCUT2D eigenvalue weighted by Gasteiger charge is 2.05. The SMILES string of the molecule is CCNC(=NCc1ccc(C)s1)NCCc1ccc(OC)c(OC)c1. The predicted octanol–water partition coefficient (Wildman–Crippen LogP) is 3.37. The second-order valence-corrected chi connectivity index (χ2v) is 6.95. The van der Waals surface area contributed by atoms with Crippen LogP contribution in [0.5, 0.6) is 11.5 Å². The van der Waals surface area contributed by atoms with Gasteiger partial charge in [-0.05, 0) is 50.1 Å². The molecule has 25 heavy (non-hydrogen) atoms. The maximum atomic E-state index is 5.35. The fraction of sp³-hybridized carbons (Fsp3) is 0.421. The van der Waals surface area contributed by atoms with Gasteiger partial charge in [0.2, 0.25) is 0 Å². The quantitative estimate of drug-likeness (QED) is 0.559. The topological polar surface area (TPSA) is 54.9 Å².